The van der Waals surface area contributed by atoms with Gasteiger partial charge >= 0.3 is 6.61 Å². The first kappa shape index (κ1) is 14.0. The second-order valence-electron chi connectivity index (χ2n) is 3.13. The molecule has 0 saturated carbocycles. The molecular weight excluding hydrogens is 298 g/mol. The van der Waals surface area contributed by atoms with Crippen LogP contribution in [-0.2, 0) is 0 Å². The molecule has 96 valence electrons. The van der Waals surface area contributed by atoms with Crippen LogP contribution >= 0.6 is 15.9 Å². The maximum Gasteiger partial charge on any atom is 0.387 e. The second kappa shape index (κ2) is 6.64. The largest absolute Gasteiger partial charge is 0.490 e. The Bertz CT molecular complexity index is 372. The van der Waals surface area contributed by atoms with Crippen LogP contribution in [0.25, 0.3) is 0 Å². The average molecular weight is 311 g/mol. The number of alkyl halides is 2. The smallest absolute Gasteiger partial charge is 0.387 e. The van der Waals surface area contributed by atoms with E-state index in [0.717, 1.165) is 6.42 Å². The van der Waals surface area contributed by atoms with E-state index < -0.39 is 6.61 Å². The zero-order chi connectivity index (χ0) is 12.8. The van der Waals surface area contributed by atoms with Crippen molar-refractivity contribution in [2.24, 2.45) is 0 Å². The number of hydrogen-bond donors (Lipinski definition) is 0. The Morgan fingerprint density at radius 3 is 2.53 bits per heavy atom. The van der Waals surface area contributed by atoms with E-state index in [1.807, 2.05) is 6.92 Å². The highest BCUT2D eigenvalue weighted by molar-refractivity contribution is 9.10. The molecule has 0 aliphatic heterocycles. The minimum absolute atomic E-state index is 0.0446. The first-order chi connectivity index (χ1) is 8.10. The van der Waals surface area contributed by atoms with Crippen molar-refractivity contribution in [2.45, 2.75) is 20.0 Å². The third kappa shape index (κ3) is 3.73. The van der Waals surface area contributed by atoms with Crippen LogP contribution in [0.3, 0.4) is 0 Å². The van der Waals surface area contributed by atoms with Crippen LogP contribution in [0.5, 0.6) is 17.2 Å². The lowest BCUT2D eigenvalue weighted by Crippen LogP contribution is -2.05. The van der Waals surface area contributed by atoms with E-state index in [-0.39, 0.29) is 11.5 Å². The first-order valence-electron chi connectivity index (χ1n) is 5.04. The molecule has 1 rings (SSSR count). The molecular formula is C11H13BrF2O3. The molecule has 3 nitrogen and oxygen atoms in total. The predicted octanol–water partition coefficient (Wildman–Crippen LogP) is 3.85. The van der Waals surface area contributed by atoms with Gasteiger partial charge in [0.1, 0.15) is 0 Å². The van der Waals surface area contributed by atoms with Crippen molar-refractivity contribution in [2.75, 3.05) is 13.7 Å². The summed E-state index contributed by atoms with van der Waals surface area (Å²) in [5.41, 5.74) is 0. The molecule has 0 aliphatic rings. The number of methoxy groups -OCH3 is 1. The lowest BCUT2D eigenvalue weighted by molar-refractivity contribution is -0.0513. The van der Waals surface area contributed by atoms with Crippen molar-refractivity contribution in [3.63, 3.8) is 0 Å². The molecule has 17 heavy (non-hydrogen) atoms. The molecule has 0 saturated heterocycles. The van der Waals surface area contributed by atoms with E-state index in [2.05, 4.69) is 20.7 Å². The van der Waals surface area contributed by atoms with E-state index in [0.29, 0.717) is 16.8 Å². The van der Waals surface area contributed by atoms with Crippen molar-refractivity contribution in [1.29, 1.82) is 0 Å². The molecule has 6 heteroatoms. The van der Waals surface area contributed by atoms with Crippen LogP contribution in [0, 0.1) is 0 Å². The Hall–Kier alpha value is -1.04. The summed E-state index contributed by atoms with van der Waals surface area (Å²) in [6.07, 6.45) is 0.801. The molecule has 1 aromatic carbocycles. The van der Waals surface area contributed by atoms with E-state index in [4.69, 9.17) is 9.47 Å². The monoisotopic (exact) mass is 310 g/mol. The zero-order valence-corrected chi connectivity index (χ0v) is 11.1. The lowest BCUT2D eigenvalue weighted by atomic mass is 10.3. The fraction of sp³-hybridized carbons (Fsp3) is 0.455. The summed E-state index contributed by atoms with van der Waals surface area (Å²) >= 11 is 3.27. The number of rotatable bonds is 6. The topological polar surface area (TPSA) is 27.7 Å². The van der Waals surface area contributed by atoms with E-state index in [9.17, 15) is 8.78 Å². The van der Waals surface area contributed by atoms with Gasteiger partial charge in [-0.05, 0) is 34.5 Å². The van der Waals surface area contributed by atoms with Gasteiger partial charge in [-0.25, -0.2) is 0 Å². The highest BCUT2D eigenvalue weighted by Crippen LogP contribution is 2.43. The maximum atomic E-state index is 12.2. The van der Waals surface area contributed by atoms with E-state index in [1.54, 1.807) is 6.07 Å². The van der Waals surface area contributed by atoms with Gasteiger partial charge in [0.05, 0.1) is 18.2 Å². The van der Waals surface area contributed by atoms with Gasteiger partial charge in [-0.2, -0.15) is 8.78 Å². The summed E-state index contributed by atoms with van der Waals surface area (Å²) in [6.45, 7) is -0.489. The van der Waals surface area contributed by atoms with Gasteiger partial charge in [0, 0.05) is 0 Å². The summed E-state index contributed by atoms with van der Waals surface area (Å²) in [7, 11) is 1.37. The molecule has 1 aromatic rings. The highest BCUT2D eigenvalue weighted by Gasteiger charge is 2.18. The minimum Gasteiger partial charge on any atom is -0.490 e. The SMILES string of the molecule is CCCOc1c(Br)ccc(OC(F)F)c1OC. The van der Waals surface area contributed by atoms with Crippen molar-refractivity contribution >= 4 is 15.9 Å². The van der Waals surface area contributed by atoms with Crippen LogP contribution < -0.4 is 14.2 Å². The Morgan fingerprint density at radius 1 is 1.29 bits per heavy atom. The fourth-order valence-corrected chi connectivity index (χ4v) is 1.67. The van der Waals surface area contributed by atoms with Gasteiger partial charge in [-0.1, -0.05) is 6.92 Å². The molecule has 0 radical (unpaired) electrons. The van der Waals surface area contributed by atoms with Crippen molar-refractivity contribution in [3.8, 4) is 17.2 Å². The minimum atomic E-state index is -2.90. The number of benzene rings is 1. The summed E-state index contributed by atoms with van der Waals surface area (Å²) in [5.74, 6) is 0.484. The van der Waals surface area contributed by atoms with Crippen LogP contribution in [0.1, 0.15) is 13.3 Å². The van der Waals surface area contributed by atoms with Gasteiger partial charge in [-0.15, -0.1) is 0 Å². The molecule has 0 fully saturated rings. The molecule has 0 spiro atoms. The lowest BCUT2D eigenvalue weighted by Gasteiger charge is -2.15. The van der Waals surface area contributed by atoms with E-state index >= 15 is 0 Å². The maximum absolute atomic E-state index is 12.2. The fourth-order valence-electron chi connectivity index (χ4n) is 1.24. The Labute approximate surface area is 107 Å². The average Bonchev–Trinajstić information content (AvgIpc) is 2.28. The Morgan fingerprint density at radius 2 is 2.00 bits per heavy atom. The Balaban J connectivity index is 3.07. The number of halogens is 3. The molecule has 0 aromatic heterocycles. The number of ether oxygens (including phenoxy) is 3. The molecule has 0 amide bonds. The van der Waals surface area contributed by atoms with Gasteiger partial charge in [-0.3, -0.25) is 0 Å². The molecule has 0 aliphatic carbocycles. The third-order valence-corrected chi connectivity index (χ3v) is 2.52. The van der Waals surface area contributed by atoms with Crippen molar-refractivity contribution in [3.05, 3.63) is 16.6 Å². The predicted molar refractivity (Wildman–Crippen MR) is 63.1 cm³/mol. The number of hydrogen-bond acceptors (Lipinski definition) is 3. The van der Waals surface area contributed by atoms with Crippen LogP contribution in [0.15, 0.2) is 16.6 Å². The summed E-state index contributed by atoms with van der Waals surface area (Å²) in [4.78, 5) is 0. The molecule has 0 unspecified atom stereocenters. The van der Waals surface area contributed by atoms with Crippen LogP contribution in [-0.4, -0.2) is 20.3 Å². The summed E-state index contributed by atoms with van der Waals surface area (Å²) in [5, 5.41) is 0. The van der Waals surface area contributed by atoms with Gasteiger partial charge in [0.25, 0.3) is 0 Å². The highest BCUT2D eigenvalue weighted by atomic mass is 79.9. The summed E-state index contributed by atoms with van der Waals surface area (Å²) in [6, 6.07) is 2.97. The van der Waals surface area contributed by atoms with Crippen LogP contribution in [0.2, 0.25) is 0 Å². The van der Waals surface area contributed by atoms with Gasteiger partial charge in [0.15, 0.2) is 11.5 Å². The normalized spacial score (nSPS) is 10.5. The second-order valence-corrected chi connectivity index (χ2v) is 3.99. The summed E-state index contributed by atoms with van der Waals surface area (Å²) < 4.78 is 39.8. The van der Waals surface area contributed by atoms with E-state index in [1.165, 1.54) is 13.2 Å². The van der Waals surface area contributed by atoms with Gasteiger partial charge in [0.2, 0.25) is 5.75 Å². The zero-order valence-electron chi connectivity index (χ0n) is 9.50. The Kier molecular flexibility index (Phi) is 5.47. The molecule has 0 bridgehead atoms. The third-order valence-electron chi connectivity index (χ3n) is 1.90. The van der Waals surface area contributed by atoms with Crippen LogP contribution in [0.4, 0.5) is 8.78 Å². The van der Waals surface area contributed by atoms with Crippen molar-refractivity contribution < 1.29 is 23.0 Å². The van der Waals surface area contributed by atoms with Gasteiger partial charge < -0.3 is 14.2 Å². The standard InChI is InChI=1S/C11H13BrF2O3/c1-3-6-16-9-7(12)4-5-8(10(9)15-2)17-11(13)14/h4-5,11H,3,6H2,1-2H3. The molecule has 0 N–H and O–H groups in total. The quantitative estimate of drug-likeness (QED) is 0.799. The molecule has 0 heterocycles. The first-order valence-corrected chi connectivity index (χ1v) is 5.83. The van der Waals surface area contributed by atoms with Crippen molar-refractivity contribution in [1.82, 2.24) is 0 Å². The molecule has 0 atom stereocenters.